The second-order valence-corrected chi connectivity index (χ2v) is 5.46. The highest BCUT2D eigenvalue weighted by Crippen LogP contribution is 2.15. The Morgan fingerprint density at radius 3 is 2.67 bits per heavy atom. The van der Waals surface area contributed by atoms with Crippen molar-refractivity contribution in [1.82, 2.24) is 15.1 Å². The van der Waals surface area contributed by atoms with Crippen molar-refractivity contribution in [2.45, 2.75) is 6.54 Å². The van der Waals surface area contributed by atoms with Crippen molar-refractivity contribution < 1.29 is 9.21 Å². The third-order valence-corrected chi connectivity index (χ3v) is 3.61. The largest absolute Gasteiger partial charge is 0.463 e. The molecule has 6 nitrogen and oxygen atoms in total. The molecular weight excluding hydrogens is 330 g/mol. The number of benzene rings is 1. The summed E-state index contributed by atoms with van der Waals surface area (Å²) in [6, 6.07) is 13.1. The molecule has 7 heteroatoms. The lowest BCUT2D eigenvalue weighted by Gasteiger charge is -2.08. The van der Waals surface area contributed by atoms with Gasteiger partial charge < -0.3 is 9.73 Å². The van der Waals surface area contributed by atoms with E-state index in [1.54, 1.807) is 48.7 Å². The minimum atomic E-state index is -0.244. The van der Waals surface area contributed by atoms with Gasteiger partial charge in [0.15, 0.2) is 5.76 Å². The van der Waals surface area contributed by atoms with E-state index in [-0.39, 0.29) is 24.6 Å². The molecule has 0 spiro atoms. The SMILES string of the molecule is O=C(NCCn1nc(-c2ccco2)ccc1=O)c1ccc(Cl)cc1. The van der Waals surface area contributed by atoms with Crippen LogP contribution in [-0.4, -0.2) is 22.2 Å². The van der Waals surface area contributed by atoms with E-state index in [2.05, 4.69) is 10.4 Å². The Labute approximate surface area is 142 Å². The number of aromatic nitrogens is 2. The molecule has 3 rings (SSSR count). The molecule has 0 bridgehead atoms. The van der Waals surface area contributed by atoms with E-state index in [0.717, 1.165) is 0 Å². The van der Waals surface area contributed by atoms with Crippen LogP contribution in [0.15, 0.2) is 64.0 Å². The number of furan rings is 1. The van der Waals surface area contributed by atoms with Crippen LogP contribution in [0.2, 0.25) is 5.02 Å². The van der Waals surface area contributed by atoms with Gasteiger partial charge in [-0.1, -0.05) is 11.6 Å². The number of hydrogen-bond donors (Lipinski definition) is 1. The zero-order chi connectivity index (χ0) is 16.9. The number of nitrogens with one attached hydrogen (secondary N) is 1. The fourth-order valence-electron chi connectivity index (χ4n) is 2.14. The molecular formula is C17H14ClN3O3. The summed E-state index contributed by atoms with van der Waals surface area (Å²) in [5, 5.41) is 7.55. The molecule has 0 aliphatic rings. The lowest BCUT2D eigenvalue weighted by Crippen LogP contribution is -2.31. The maximum atomic E-state index is 12.0. The number of carbonyl (C=O) groups excluding carboxylic acids is 1. The summed E-state index contributed by atoms with van der Waals surface area (Å²) in [5.41, 5.74) is 0.818. The van der Waals surface area contributed by atoms with E-state index in [1.807, 2.05) is 0 Å². The van der Waals surface area contributed by atoms with Crippen molar-refractivity contribution in [2.75, 3.05) is 6.54 Å². The molecule has 122 valence electrons. The van der Waals surface area contributed by atoms with Crippen LogP contribution in [0.25, 0.3) is 11.5 Å². The molecule has 0 fully saturated rings. The van der Waals surface area contributed by atoms with Gasteiger partial charge in [-0.3, -0.25) is 9.59 Å². The van der Waals surface area contributed by atoms with Crippen LogP contribution in [0.1, 0.15) is 10.4 Å². The maximum Gasteiger partial charge on any atom is 0.266 e. The highest BCUT2D eigenvalue weighted by Gasteiger charge is 2.07. The van der Waals surface area contributed by atoms with E-state index in [0.29, 0.717) is 22.0 Å². The minimum absolute atomic E-state index is 0.234. The molecule has 0 radical (unpaired) electrons. The van der Waals surface area contributed by atoms with Crippen LogP contribution in [0.5, 0.6) is 0 Å². The van der Waals surface area contributed by atoms with Gasteiger partial charge in [0.25, 0.3) is 11.5 Å². The van der Waals surface area contributed by atoms with E-state index >= 15 is 0 Å². The maximum absolute atomic E-state index is 12.0. The van der Waals surface area contributed by atoms with Crippen molar-refractivity contribution in [3.05, 3.63) is 75.7 Å². The summed E-state index contributed by atoms with van der Waals surface area (Å²) in [4.78, 5) is 23.9. The molecule has 24 heavy (non-hydrogen) atoms. The van der Waals surface area contributed by atoms with Gasteiger partial charge in [-0.15, -0.1) is 0 Å². The first-order valence-corrected chi connectivity index (χ1v) is 7.67. The molecule has 1 N–H and O–H groups in total. The Hall–Kier alpha value is -2.86. The van der Waals surface area contributed by atoms with Gasteiger partial charge in [-0.2, -0.15) is 5.10 Å². The predicted molar refractivity (Wildman–Crippen MR) is 90.0 cm³/mol. The third kappa shape index (κ3) is 3.72. The summed E-state index contributed by atoms with van der Waals surface area (Å²) >= 11 is 5.79. The van der Waals surface area contributed by atoms with Crippen LogP contribution >= 0.6 is 11.6 Å². The average Bonchev–Trinajstić information content (AvgIpc) is 3.11. The molecule has 2 aromatic heterocycles. The second-order valence-electron chi connectivity index (χ2n) is 5.02. The van der Waals surface area contributed by atoms with Crippen LogP contribution in [0, 0.1) is 0 Å². The number of amides is 1. The topological polar surface area (TPSA) is 77.1 Å². The first-order chi connectivity index (χ1) is 11.6. The van der Waals surface area contributed by atoms with Gasteiger partial charge in [-0.05, 0) is 42.5 Å². The Balaban J connectivity index is 1.64. The van der Waals surface area contributed by atoms with E-state index in [1.165, 1.54) is 10.7 Å². The van der Waals surface area contributed by atoms with Crippen LogP contribution in [0.3, 0.4) is 0 Å². The van der Waals surface area contributed by atoms with E-state index < -0.39 is 0 Å². The number of carbonyl (C=O) groups is 1. The number of rotatable bonds is 5. The number of hydrogen-bond acceptors (Lipinski definition) is 4. The molecule has 0 atom stereocenters. The number of halogens is 1. The van der Waals surface area contributed by atoms with Crippen LogP contribution < -0.4 is 10.9 Å². The average molecular weight is 344 g/mol. The fraction of sp³-hybridized carbons (Fsp3) is 0.118. The summed E-state index contributed by atoms with van der Waals surface area (Å²) in [7, 11) is 0. The summed E-state index contributed by atoms with van der Waals surface area (Å²) in [5.74, 6) is 0.343. The molecule has 1 aromatic carbocycles. The first-order valence-electron chi connectivity index (χ1n) is 7.29. The van der Waals surface area contributed by atoms with Gasteiger partial charge in [0.1, 0.15) is 5.69 Å². The summed E-state index contributed by atoms with van der Waals surface area (Å²) in [6.45, 7) is 0.530. The first kappa shape index (κ1) is 16.0. The molecule has 0 saturated heterocycles. The van der Waals surface area contributed by atoms with Crippen molar-refractivity contribution in [3.63, 3.8) is 0 Å². The van der Waals surface area contributed by atoms with Crippen molar-refractivity contribution in [1.29, 1.82) is 0 Å². The van der Waals surface area contributed by atoms with Gasteiger partial charge in [0.05, 0.1) is 12.8 Å². The summed E-state index contributed by atoms with van der Waals surface area (Å²) < 4.78 is 6.56. The molecule has 0 unspecified atom stereocenters. The van der Waals surface area contributed by atoms with E-state index in [9.17, 15) is 9.59 Å². The Kier molecular flexibility index (Phi) is 4.77. The highest BCUT2D eigenvalue weighted by molar-refractivity contribution is 6.30. The van der Waals surface area contributed by atoms with Crippen molar-refractivity contribution in [3.8, 4) is 11.5 Å². The standard InChI is InChI=1S/C17H14ClN3O3/c18-13-5-3-12(4-6-13)17(23)19-9-10-21-16(22)8-7-14(20-21)15-2-1-11-24-15/h1-8,11H,9-10H2,(H,19,23). The lowest BCUT2D eigenvalue weighted by atomic mass is 10.2. The molecule has 1 amide bonds. The summed E-state index contributed by atoms with van der Waals surface area (Å²) in [6.07, 6.45) is 1.54. The van der Waals surface area contributed by atoms with Crippen LogP contribution in [0.4, 0.5) is 0 Å². The minimum Gasteiger partial charge on any atom is -0.463 e. The van der Waals surface area contributed by atoms with Gasteiger partial charge >= 0.3 is 0 Å². The number of nitrogens with zero attached hydrogens (tertiary/aromatic N) is 2. The molecule has 3 aromatic rings. The zero-order valence-corrected chi connectivity index (χ0v) is 13.4. The van der Waals surface area contributed by atoms with Gasteiger partial charge in [0.2, 0.25) is 0 Å². The third-order valence-electron chi connectivity index (χ3n) is 3.36. The fourth-order valence-corrected chi connectivity index (χ4v) is 2.27. The highest BCUT2D eigenvalue weighted by atomic mass is 35.5. The second kappa shape index (κ2) is 7.14. The Morgan fingerprint density at radius 2 is 1.96 bits per heavy atom. The van der Waals surface area contributed by atoms with Gasteiger partial charge in [0, 0.05) is 23.2 Å². The molecule has 0 aliphatic carbocycles. The van der Waals surface area contributed by atoms with Crippen LogP contribution in [-0.2, 0) is 6.54 Å². The zero-order valence-electron chi connectivity index (χ0n) is 12.6. The smallest absolute Gasteiger partial charge is 0.266 e. The molecule has 0 saturated carbocycles. The van der Waals surface area contributed by atoms with Crippen molar-refractivity contribution >= 4 is 17.5 Å². The predicted octanol–water partition coefficient (Wildman–Crippen LogP) is 2.59. The quantitative estimate of drug-likeness (QED) is 0.772. The van der Waals surface area contributed by atoms with Gasteiger partial charge in [-0.25, -0.2) is 4.68 Å². The normalized spacial score (nSPS) is 10.5. The molecule has 0 aliphatic heterocycles. The Bertz CT molecular complexity index is 886. The van der Waals surface area contributed by atoms with E-state index in [4.69, 9.17) is 16.0 Å². The Morgan fingerprint density at radius 1 is 1.17 bits per heavy atom. The lowest BCUT2D eigenvalue weighted by molar-refractivity contribution is 0.0951. The molecule has 2 heterocycles. The van der Waals surface area contributed by atoms with Crippen molar-refractivity contribution in [2.24, 2.45) is 0 Å². The monoisotopic (exact) mass is 343 g/mol.